The van der Waals surface area contributed by atoms with Crippen molar-refractivity contribution in [3.8, 4) is 11.5 Å². The largest absolute Gasteiger partial charge is 0.467 e. The summed E-state index contributed by atoms with van der Waals surface area (Å²) in [6.45, 7) is 1.85. The van der Waals surface area contributed by atoms with E-state index in [9.17, 15) is 4.79 Å². The topological polar surface area (TPSA) is 90.1 Å². The number of carbonyl (C=O) groups is 1. The number of ether oxygens (including phenoxy) is 1. The van der Waals surface area contributed by atoms with Crippen LogP contribution in [0.4, 0.5) is 5.95 Å². The minimum Gasteiger partial charge on any atom is -0.467 e. The molecule has 0 radical (unpaired) electrons. The fourth-order valence-electron chi connectivity index (χ4n) is 2.40. The van der Waals surface area contributed by atoms with Gasteiger partial charge in [0.2, 0.25) is 5.95 Å². The standard InChI is InChI=1S/C18H18N4O3/c1-12-8-9-16(25-12)15-11-19-22-18(21-15)20-14(17(23)24-2)10-13-6-4-3-5-7-13/h3-9,11,14H,10H2,1-2H3,(H,20,21,22)/t14-/m0/s1. The highest BCUT2D eigenvalue weighted by atomic mass is 16.5. The number of rotatable bonds is 6. The quantitative estimate of drug-likeness (QED) is 0.691. The summed E-state index contributed by atoms with van der Waals surface area (Å²) in [6.07, 6.45) is 1.95. The molecular weight excluding hydrogens is 320 g/mol. The van der Waals surface area contributed by atoms with Gasteiger partial charge in [0.25, 0.3) is 0 Å². The molecule has 25 heavy (non-hydrogen) atoms. The molecule has 3 rings (SSSR count). The molecule has 0 aliphatic heterocycles. The molecule has 2 aromatic heterocycles. The molecule has 0 amide bonds. The first-order chi connectivity index (χ1) is 12.2. The second-order valence-corrected chi connectivity index (χ2v) is 5.49. The molecule has 7 heteroatoms. The highest BCUT2D eigenvalue weighted by molar-refractivity contribution is 5.79. The first kappa shape index (κ1) is 16.6. The minimum atomic E-state index is -0.622. The predicted octanol–water partition coefficient (Wildman–Crippen LogP) is 2.64. The molecule has 1 N–H and O–H groups in total. The van der Waals surface area contributed by atoms with Gasteiger partial charge in [0, 0.05) is 6.42 Å². The Balaban J connectivity index is 1.80. The Kier molecular flexibility index (Phi) is 5.03. The first-order valence-corrected chi connectivity index (χ1v) is 7.80. The third-order valence-electron chi connectivity index (χ3n) is 3.62. The number of hydrogen-bond donors (Lipinski definition) is 1. The van der Waals surface area contributed by atoms with Crippen molar-refractivity contribution in [2.24, 2.45) is 0 Å². The second kappa shape index (κ2) is 7.57. The van der Waals surface area contributed by atoms with Crippen LogP contribution in [0.2, 0.25) is 0 Å². The molecule has 0 aliphatic rings. The van der Waals surface area contributed by atoms with Crippen molar-refractivity contribution < 1.29 is 13.9 Å². The lowest BCUT2D eigenvalue weighted by atomic mass is 10.1. The van der Waals surface area contributed by atoms with Crippen molar-refractivity contribution in [2.45, 2.75) is 19.4 Å². The van der Waals surface area contributed by atoms with Gasteiger partial charge in [0.15, 0.2) is 5.76 Å². The first-order valence-electron chi connectivity index (χ1n) is 7.80. The Hall–Kier alpha value is -3.22. The lowest BCUT2D eigenvalue weighted by Crippen LogP contribution is -2.33. The van der Waals surface area contributed by atoms with Gasteiger partial charge in [-0.05, 0) is 24.6 Å². The maximum Gasteiger partial charge on any atom is 0.328 e. The zero-order valence-corrected chi connectivity index (χ0v) is 14.0. The van der Waals surface area contributed by atoms with Gasteiger partial charge >= 0.3 is 5.97 Å². The van der Waals surface area contributed by atoms with Gasteiger partial charge in [-0.3, -0.25) is 0 Å². The maximum atomic E-state index is 12.1. The van der Waals surface area contributed by atoms with Crippen LogP contribution in [-0.2, 0) is 16.0 Å². The number of nitrogens with one attached hydrogen (secondary N) is 1. The van der Waals surface area contributed by atoms with Crippen LogP contribution in [0.15, 0.2) is 53.1 Å². The molecule has 2 heterocycles. The predicted molar refractivity (Wildman–Crippen MR) is 91.8 cm³/mol. The molecule has 0 spiro atoms. The molecule has 128 valence electrons. The Morgan fingerprint density at radius 3 is 2.72 bits per heavy atom. The molecule has 0 aliphatic carbocycles. The van der Waals surface area contributed by atoms with Crippen LogP contribution in [-0.4, -0.2) is 34.3 Å². The fourth-order valence-corrected chi connectivity index (χ4v) is 2.40. The highest BCUT2D eigenvalue weighted by Gasteiger charge is 2.21. The molecule has 0 saturated heterocycles. The van der Waals surface area contributed by atoms with E-state index in [2.05, 4.69) is 20.5 Å². The Bertz CT molecular complexity index is 848. The summed E-state index contributed by atoms with van der Waals surface area (Å²) >= 11 is 0. The van der Waals surface area contributed by atoms with Gasteiger partial charge in [-0.2, -0.15) is 5.10 Å². The van der Waals surface area contributed by atoms with Gasteiger partial charge < -0.3 is 14.5 Å². The number of furan rings is 1. The summed E-state index contributed by atoms with van der Waals surface area (Å²) in [7, 11) is 1.35. The normalized spacial score (nSPS) is 11.8. The Labute approximate surface area is 145 Å². The summed E-state index contributed by atoms with van der Waals surface area (Å²) in [5, 5.41) is 10.9. The molecule has 0 saturated carbocycles. The third-order valence-corrected chi connectivity index (χ3v) is 3.62. The number of aryl methyl sites for hydroxylation is 1. The van der Waals surface area contributed by atoms with Crippen LogP contribution in [0, 0.1) is 6.92 Å². The van der Waals surface area contributed by atoms with E-state index >= 15 is 0 Å². The molecule has 0 bridgehead atoms. The van der Waals surface area contributed by atoms with E-state index in [0.717, 1.165) is 11.3 Å². The van der Waals surface area contributed by atoms with E-state index in [1.165, 1.54) is 13.3 Å². The molecule has 1 aromatic carbocycles. The molecule has 7 nitrogen and oxygen atoms in total. The SMILES string of the molecule is COC(=O)[C@H](Cc1ccccc1)Nc1nncc(-c2ccc(C)o2)n1. The Morgan fingerprint density at radius 2 is 2.04 bits per heavy atom. The Morgan fingerprint density at radius 1 is 1.24 bits per heavy atom. The lowest BCUT2D eigenvalue weighted by molar-refractivity contribution is -0.141. The number of esters is 1. The van der Waals surface area contributed by atoms with E-state index in [-0.39, 0.29) is 5.95 Å². The number of anilines is 1. The molecular formula is C18H18N4O3. The average Bonchev–Trinajstić information content (AvgIpc) is 3.08. The minimum absolute atomic E-state index is 0.234. The monoisotopic (exact) mass is 338 g/mol. The number of carbonyl (C=O) groups excluding carboxylic acids is 1. The van der Waals surface area contributed by atoms with E-state index in [0.29, 0.717) is 17.9 Å². The van der Waals surface area contributed by atoms with Crippen molar-refractivity contribution in [2.75, 3.05) is 12.4 Å². The van der Waals surface area contributed by atoms with Crippen LogP contribution in [0.25, 0.3) is 11.5 Å². The zero-order valence-electron chi connectivity index (χ0n) is 14.0. The zero-order chi connectivity index (χ0) is 17.6. The van der Waals surface area contributed by atoms with Gasteiger partial charge in [0.05, 0.1) is 13.3 Å². The molecule has 0 unspecified atom stereocenters. The summed E-state index contributed by atoms with van der Waals surface area (Å²) in [4.78, 5) is 16.5. The van der Waals surface area contributed by atoms with Crippen molar-refractivity contribution in [3.63, 3.8) is 0 Å². The van der Waals surface area contributed by atoms with Crippen LogP contribution < -0.4 is 5.32 Å². The van der Waals surface area contributed by atoms with E-state index in [1.807, 2.05) is 49.4 Å². The summed E-state index contributed by atoms with van der Waals surface area (Å²) in [6, 6.07) is 12.7. The van der Waals surface area contributed by atoms with Gasteiger partial charge in [0.1, 0.15) is 17.5 Å². The van der Waals surface area contributed by atoms with Crippen molar-refractivity contribution in [3.05, 3.63) is 60.0 Å². The average molecular weight is 338 g/mol. The van der Waals surface area contributed by atoms with Crippen molar-refractivity contribution in [1.82, 2.24) is 15.2 Å². The number of methoxy groups -OCH3 is 1. The smallest absolute Gasteiger partial charge is 0.328 e. The summed E-state index contributed by atoms with van der Waals surface area (Å²) < 4.78 is 10.4. The third kappa shape index (κ3) is 4.20. The van der Waals surface area contributed by atoms with Gasteiger partial charge in [-0.25, -0.2) is 9.78 Å². The number of hydrogen-bond acceptors (Lipinski definition) is 7. The molecule has 1 atom stereocenters. The van der Waals surface area contributed by atoms with Crippen molar-refractivity contribution in [1.29, 1.82) is 0 Å². The second-order valence-electron chi connectivity index (χ2n) is 5.49. The fraction of sp³-hybridized carbons (Fsp3) is 0.222. The summed E-state index contributed by atoms with van der Waals surface area (Å²) in [5.41, 5.74) is 1.53. The van der Waals surface area contributed by atoms with E-state index < -0.39 is 12.0 Å². The summed E-state index contributed by atoms with van der Waals surface area (Å²) in [5.74, 6) is 1.21. The van der Waals surface area contributed by atoms with Crippen LogP contribution >= 0.6 is 0 Å². The number of nitrogens with zero attached hydrogens (tertiary/aromatic N) is 3. The van der Waals surface area contributed by atoms with Gasteiger partial charge in [-0.15, -0.1) is 5.10 Å². The van der Waals surface area contributed by atoms with Crippen LogP contribution in [0.5, 0.6) is 0 Å². The van der Waals surface area contributed by atoms with Crippen LogP contribution in [0.3, 0.4) is 0 Å². The molecule has 3 aromatic rings. The van der Waals surface area contributed by atoms with E-state index in [1.54, 1.807) is 0 Å². The number of benzene rings is 1. The van der Waals surface area contributed by atoms with Crippen molar-refractivity contribution >= 4 is 11.9 Å². The number of aromatic nitrogens is 3. The van der Waals surface area contributed by atoms with Gasteiger partial charge in [-0.1, -0.05) is 30.3 Å². The van der Waals surface area contributed by atoms with Crippen LogP contribution in [0.1, 0.15) is 11.3 Å². The molecule has 0 fully saturated rings. The van der Waals surface area contributed by atoms with E-state index in [4.69, 9.17) is 9.15 Å². The maximum absolute atomic E-state index is 12.1. The highest BCUT2D eigenvalue weighted by Crippen LogP contribution is 2.20. The lowest BCUT2D eigenvalue weighted by Gasteiger charge is -2.16.